The van der Waals surface area contributed by atoms with Crippen molar-refractivity contribution in [2.45, 2.75) is 11.3 Å². The molecular formula is C14H20N2O2S. The Labute approximate surface area is 118 Å². The second kappa shape index (κ2) is 6.82. The van der Waals surface area contributed by atoms with Crippen molar-refractivity contribution in [3.8, 4) is 5.75 Å². The Kier molecular flexibility index (Phi) is 5.10. The van der Waals surface area contributed by atoms with Gasteiger partial charge < -0.3 is 15.4 Å². The van der Waals surface area contributed by atoms with Crippen molar-refractivity contribution in [2.24, 2.45) is 11.7 Å². The van der Waals surface area contributed by atoms with Crippen LogP contribution in [0.3, 0.4) is 0 Å². The van der Waals surface area contributed by atoms with Crippen molar-refractivity contribution in [3.05, 3.63) is 24.3 Å². The number of ether oxygens (including phenoxy) is 1. The molecule has 1 aromatic carbocycles. The lowest BCUT2D eigenvalue weighted by molar-refractivity contribution is -0.127. The van der Waals surface area contributed by atoms with Gasteiger partial charge in [0.25, 0.3) is 0 Å². The minimum Gasteiger partial charge on any atom is -0.497 e. The average Bonchev–Trinajstić information content (AvgIpc) is 2.94. The van der Waals surface area contributed by atoms with Crippen LogP contribution in [0.1, 0.15) is 6.42 Å². The molecule has 2 N–H and O–H groups in total. The van der Waals surface area contributed by atoms with Crippen LogP contribution in [0.25, 0.3) is 0 Å². The molecule has 104 valence electrons. The van der Waals surface area contributed by atoms with Crippen LogP contribution < -0.4 is 10.5 Å². The van der Waals surface area contributed by atoms with E-state index in [4.69, 9.17) is 10.5 Å². The zero-order chi connectivity index (χ0) is 13.7. The molecule has 1 amide bonds. The number of hydrogen-bond donors (Lipinski definition) is 1. The summed E-state index contributed by atoms with van der Waals surface area (Å²) >= 11 is 1.55. The van der Waals surface area contributed by atoms with Gasteiger partial charge in [0, 0.05) is 18.0 Å². The average molecular weight is 280 g/mol. The number of benzene rings is 1. The normalized spacial score (nSPS) is 18.6. The first-order valence-electron chi connectivity index (χ1n) is 6.47. The van der Waals surface area contributed by atoms with E-state index in [0.717, 1.165) is 30.2 Å². The summed E-state index contributed by atoms with van der Waals surface area (Å²) in [6, 6.07) is 7.78. The molecule has 1 aliphatic rings. The van der Waals surface area contributed by atoms with Crippen LogP contribution in [0.5, 0.6) is 5.75 Å². The highest BCUT2D eigenvalue weighted by atomic mass is 32.2. The van der Waals surface area contributed by atoms with Gasteiger partial charge in [0.05, 0.1) is 12.9 Å². The van der Waals surface area contributed by atoms with E-state index >= 15 is 0 Å². The fourth-order valence-corrected chi connectivity index (χ4v) is 3.03. The predicted molar refractivity (Wildman–Crippen MR) is 77.5 cm³/mol. The van der Waals surface area contributed by atoms with Crippen molar-refractivity contribution in [1.82, 2.24) is 4.90 Å². The van der Waals surface area contributed by atoms with Gasteiger partial charge in [0.1, 0.15) is 5.75 Å². The molecule has 1 unspecified atom stereocenters. The first-order chi connectivity index (χ1) is 9.22. The first-order valence-corrected chi connectivity index (χ1v) is 7.46. The molecule has 0 aliphatic carbocycles. The molecule has 1 aromatic rings. The van der Waals surface area contributed by atoms with Crippen molar-refractivity contribution in [3.63, 3.8) is 0 Å². The number of nitrogens with zero attached hydrogens (tertiary/aromatic N) is 1. The number of nitrogens with two attached hydrogens (primary N) is 1. The highest BCUT2D eigenvalue weighted by Crippen LogP contribution is 2.24. The fourth-order valence-electron chi connectivity index (χ4n) is 2.18. The van der Waals surface area contributed by atoms with Gasteiger partial charge in [-0.05, 0) is 37.1 Å². The Bertz CT molecular complexity index is 439. The van der Waals surface area contributed by atoms with Gasteiger partial charge in [-0.1, -0.05) is 6.07 Å². The number of rotatable bonds is 5. The summed E-state index contributed by atoms with van der Waals surface area (Å²) in [6.07, 6.45) is 1.03. The first kappa shape index (κ1) is 14.2. The molecule has 5 heteroatoms. The topological polar surface area (TPSA) is 55.6 Å². The summed E-state index contributed by atoms with van der Waals surface area (Å²) in [4.78, 5) is 15.0. The van der Waals surface area contributed by atoms with Gasteiger partial charge in [-0.3, -0.25) is 4.79 Å². The van der Waals surface area contributed by atoms with Gasteiger partial charge in [-0.15, -0.1) is 11.8 Å². The molecule has 4 nitrogen and oxygen atoms in total. The number of likely N-dealkylation sites (tertiary alicyclic amines) is 1. The SMILES string of the molecule is COc1cccc(SCC(=O)N2CCC(CN)C2)c1. The van der Waals surface area contributed by atoms with E-state index in [0.29, 0.717) is 18.2 Å². The monoisotopic (exact) mass is 280 g/mol. The number of carbonyl (C=O) groups excluding carboxylic acids is 1. The van der Waals surface area contributed by atoms with E-state index in [1.54, 1.807) is 18.9 Å². The van der Waals surface area contributed by atoms with Crippen LogP contribution in [0, 0.1) is 5.92 Å². The Hall–Kier alpha value is -1.20. The maximum absolute atomic E-state index is 12.1. The lowest BCUT2D eigenvalue weighted by Gasteiger charge is -2.16. The Balaban J connectivity index is 1.83. The number of carbonyl (C=O) groups is 1. The minimum absolute atomic E-state index is 0.198. The van der Waals surface area contributed by atoms with E-state index in [9.17, 15) is 4.79 Å². The second-order valence-corrected chi connectivity index (χ2v) is 5.75. The van der Waals surface area contributed by atoms with Gasteiger partial charge in [-0.25, -0.2) is 0 Å². The lowest BCUT2D eigenvalue weighted by atomic mass is 10.1. The summed E-state index contributed by atoms with van der Waals surface area (Å²) in [7, 11) is 1.64. The van der Waals surface area contributed by atoms with E-state index in [1.807, 2.05) is 29.2 Å². The number of thioether (sulfide) groups is 1. The number of hydrogen-bond acceptors (Lipinski definition) is 4. The third kappa shape index (κ3) is 3.88. The zero-order valence-corrected chi connectivity index (χ0v) is 12.0. The van der Waals surface area contributed by atoms with Crippen molar-refractivity contribution < 1.29 is 9.53 Å². The predicted octanol–water partition coefficient (Wildman–Crippen LogP) is 1.59. The molecule has 0 bridgehead atoms. The Morgan fingerprint density at radius 2 is 2.42 bits per heavy atom. The highest BCUT2D eigenvalue weighted by Gasteiger charge is 2.24. The molecular weight excluding hydrogens is 260 g/mol. The molecule has 0 saturated carbocycles. The molecule has 2 rings (SSSR count). The van der Waals surface area contributed by atoms with Crippen LogP contribution >= 0.6 is 11.8 Å². The summed E-state index contributed by atoms with van der Waals surface area (Å²) in [6.45, 7) is 2.33. The smallest absolute Gasteiger partial charge is 0.232 e. The molecule has 1 saturated heterocycles. The van der Waals surface area contributed by atoms with E-state index < -0.39 is 0 Å². The van der Waals surface area contributed by atoms with E-state index in [1.165, 1.54) is 0 Å². The molecule has 1 fully saturated rings. The molecule has 0 spiro atoms. The Morgan fingerprint density at radius 3 is 3.11 bits per heavy atom. The standard InChI is InChI=1S/C14H20N2O2S/c1-18-12-3-2-4-13(7-12)19-10-14(17)16-6-5-11(8-15)9-16/h2-4,7,11H,5-6,8-10,15H2,1H3. The zero-order valence-electron chi connectivity index (χ0n) is 11.2. The largest absolute Gasteiger partial charge is 0.497 e. The molecule has 1 aliphatic heterocycles. The molecule has 1 atom stereocenters. The molecule has 1 heterocycles. The maximum Gasteiger partial charge on any atom is 0.232 e. The van der Waals surface area contributed by atoms with Crippen LogP contribution in [0.4, 0.5) is 0 Å². The summed E-state index contributed by atoms with van der Waals surface area (Å²) in [5, 5.41) is 0. The van der Waals surface area contributed by atoms with Gasteiger partial charge in [0.2, 0.25) is 5.91 Å². The quantitative estimate of drug-likeness (QED) is 0.832. The van der Waals surface area contributed by atoms with Crippen molar-refractivity contribution in [1.29, 1.82) is 0 Å². The lowest BCUT2D eigenvalue weighted by Crippen LogP contribution is -2.31. The molecule has 0 radical (unpaired) electrons. The Morgan fingerprint density at radius 1 is 1.58 bits per heavy atom. The van der Waals surface area contributed by atoms with Crippen molar-refractivity contribution >= 4 is 17.7 Å². The van der Waals surface area contributed by atoms with Crippen LogP contribution in [-0.2, 0) is 4.79 Å². The van der Waals surface area contributed by atoms with Gasteiger partial charge >= 0.3 is 0 Å². The van der Waals surface area contributed by atoms with Crippen molar-refractivity contribution in [2.75, 3.05) is 32.5 Å². The maximum atomic E-state index is 12.1. The second-order valence-electron chi connectivity index (χ2n) is 4.70. The third-order valence-corrected chi connectivity index (χ3v) is 4.35. The van der Waals surface area contributed by atoms with E-state index in [-0.39, 0.29) is 5.91 Å². The van der Waals surface area contributed by atoms with E-state index in [2.05, 4.69) is 0 Å². The highest BCUT2D eigenvalue weighted by molar-refractivity contribution is 8.00. The summed E-state index contributed by atoms with van der Waals surface area (Å²) < 4.78 is 5.17. The summed E-state index contributed by atoms with van der Waals surface area (Å²) in [5.74, 6) is 1.97. The molecule has 0 aromatic heterocycles. The fraction of sp³-hybridized carbons (Fsp3) is 0.500. The molecule has 19 heavy (non-hydrogen) atoms. The van der Waals surface area contributed by atoms with Gasteiger partial charge in [-0.2, -0.15) is 0 Å². The van der Waals surface area contributed by atoms with Crippen LogP contribution in [-0.4, -0.2) is 43.3 Å². The van der Waals surface area contributed by atoms with Crippen LogP contribution in [0.2, 0.25) is 0 Å². The summed E-state index contributed by atoms with van der Waals surface area (Å²) in [5.41, 5.74) is 5.64. The number of amides is 1. The van der Waals surface area contributed by atoms with Crippen LogP contribution in [0.15, 0.2) is 29.2 Å². The van der Waals surface area contributed by atoms with Gasteiger partial charge in [0.15, 0.2) is 0 Å². The minimum atomic E-state index is 0.198. The third-order valence-electron chi connectivity index (χ3n) is 3.38. The number of methoxy groups -OCH3 is 1.